The van der Waals surface area contributed by atoms with Gasteiger partial charge in [0.25, 0.3) is 0 Å². The highest BCUT2D eigenvalue weighted by atomic mass is 79.9. The first-order valence-electron chi connectivity index (χ1n) is 6.24. The number of aryl methyl sites for hydroxylation is 1. The molecule has 1 aliphatic rings. The minimum Gasteiger partial charge on any atom is -0.288 e. The highest BCUT2D eigenvalue weighted by molar-refractivity contribution is 9.10. The number of amides is 1. The molecule has 1 amide bonds. The molecule has 1 saturated heterocycles. The van der Waals surface area contributed by atoms with Crippen LogP contribution in [0.2, 0.25) is 0 Å². The number of hydrogen-bond acceptors (Lipinski definition) is 2. The first-order chi connectivity index (χ1) is 9.38. The predicted molar refractivity (Wildman–Crippen MR) is 71.8 cm³/mol. The van der Waals surface area contributed by atoms with Gasteiger partial charge in [-0.25, -0.2) is 5.01 Å². The lowest BCUT2D eigenvalue weighted by Gasteiger charge is -2.29. The van der Waals surface area contributed by atoms with Crippen LogP contribution in [-0.2, 0) is 11.2 Å². The smallest absolute Gasteiger partial charge is 0.288 e. The fourth-order valence-corrected chi connectivity index (χ4v) is 2.70. The van der Waals surface area contributed by atoms with Crippen LogP contribution in [0, 0.1) is 0 Å². The molecule has 1 heterocycles. The van der Waals surface area contributed by atoms with Gasteiger partial charge in [-0.05, 0) is 24.5 Å². The zero-order valence-electron chi connectivity index (χ0n) is 10.6. The Bertz CT molecular complexity index is 493. The molecule has 0 aromatic heterocycles. The summed E-state index contributed by atoms with van der Waals surface area (Å²) in [5.41, 5.74) is 3.10. The number of nitrogens with one attached hydrogen (secondary N) is 1. The summed E-state index contributed by atoms with van der Waals surface area (Å²) in [5.74, 6) is -0.361. The summed E-state index contributed by atoms with van der Waals surface area (Å²) in [4.78, 5) is 11.1. The highest BCUT2D eigenvalue weighted by Crippen LogP contribution is 2.29. The number of benzene rings is 1. The maximum absolute atomic E-state index is 13.1. The summed E-state index contributed by atoms with van der Waals surface area (Å²) in [5, 5.41) is 0.999. The van der Waals surface area contributed by atoms with Gasteiger partial charge in [-0.1, -0.05) is 34.1 Å². The van der Waals surface area contributed by atoms with Gasteiger partial charge >= 0.3 is 6.18 Å². The van der Waals surface area contributed by atoms with Crippen molar-refractivity contribution in [1.82, 2.24) is 10.4 Å². The molecular formula is C13H14BrF3N2O. The van der Waals surface area contributed by atoms with E-state index in [0.29, 0.717) is 0 Å². The van der Waals surface area contributed by atoms with Crippen molar-refractivity contribution in [2.75, 3.05) is 6.54 Å². The molecule has 2 rings (SSSR count). The van der Waals surface area contributed by atoms with Gasteiger partial charge in [-0.2, -0.15) is 13.2 Å². The first kappa shape index (κ1) is 15.3. The number of carbonyl (C=O) groups excluding carboxylic acids is 1. The molecule has 1 N–H and O–H groups in total. The van der Waals surface area contributed by atoms with Crippen molar-refractivity contribution in [3.8, 4) is 0 Å². The van der Waals surface area contributed by atoms with E-state index in [2.05, 4.69) is 21.4 Å². The van der Waals surface area contributed by atoms with Crippen molar-refractivity contribution >= 4 is 21.8 Å². The van der Waals surface area contributed by atoms with Crippen molar-refractivity contribution in [2.45, 2.75) is 31.5 Å². The van der Waals surface area contributed by atoms with Gasteiger partial charge in [-0.15, -0.1) is 0 Å². The number of hydrogen-bond donors (Lipinski definition) is 1. The van der Waals surface area contributed by atoms with Gasteiger partial charge in [0.2, 0.25) is 5.91 Å². The van der Waals surface area contributed by atoms with Crippen LogP contribution in [-0.4, -0.2) is 29.7 Å². The zero-order valence-corrected chi connectivity index (χ0v) is 12.2. The molecule has 1 aromatic carbocycles. The maximum atomic E-state index is 13.1. The molecule has 3 nitrogen and oxygen atoms in total. The minimum absolute atomic E-state index is 0.0909. The Balaban J connectivity index is 2.05. The first-order valence-corrected chi connectivity index (χ1v) is 7.03. The average Bonchev–Trinajstić information content (AvgIpc) is 2.76. The second-order valence-corrected chi connectivity index (χ2v) is 5.52. The fraction of sp³-hybridized carbons (Fsp3) is 0.462. The summed E-state index contributed by atoms with van der Waals surface area (Å²) >= 11 is 3.33. The van der Waals surface area contributed by atoms with Crippen LogP contribution in [0.3, 0.4) is 0 Å². The summed E-state index contributed by atoms with van der Waals surface area (Å²) in [7, 11) is 0. The summed E-state index contributed by atoms with van der Waals surface area (Å²) < 4.78 is 40.1. The lowest BCUT2D eigenvalue weighted by Crippen LogP contribution is -2.50. The Labute approximate surface area is 123 Å². The number of alkyl halides is 3. The van der Waals surface area contributed by atoms with E-state index in [0.717, 1.165) is 15.0 Å². The lowest BCUT2D eigenvalue weighted by molar-refractivity contribution is -0.189. The standard InChI is InChI=1S/C13H14BrF3N2O/c14-10-4-2-1-3-9(10)5-6-11(13(15,16)17)19-8-7-12(20)18-19/h1-4,11H,5-8H2,(H,18,20)/t11-/m0/s1. The third kappa shape index (κ3) is 3.73. The van der Waals surface area contributed by atoms with Gasteiger partial charge < -0.3 is 0 Å². The van der Waals surface area contributed by atoms with Gasteiger partial charge in [0.15, 0.2) is 0 Å². The van der Waals surface area contributed by atoms with E-state index < -0.39 is 12.2 Å². The largest absolute Gasteiger partial charge is 0.405 e. The topological polar surface area (TPSA) is 32.3 Å². The number of nitrogens with zero attached hydrogens (tertiary/aromatic N) is 1. The second kappa shape index (κ2) is 6.13. The molecule has 0 unspecified atom stereocenters. The van der Waals surface area contributed by atoms with Crippen molar-refractivity contribution in [1.29, 1.82) is 0 Å². The molecule has 1 fully saturated rings. The summed E-state index contributed by atoms with van der Waals surface area (Å²) in [6, 6.07) is 5.55. The normalized spacial score (nSPS) is 18.1. The van der Waals surface area contributed by atoms with Crippen molar-refractivity contribution in [2.24, 2.45) is 0 Å². The van der Waals surface area contributed by atoms with Crippen LogP contribution in [0.1, 0.15) is 18.4 Å². The van der Waals surface area contributed by atoms with E-state index in [4.69, 9.17) is 0 Å². The summed E-state index contributed by atoms with van der Waals surface area (Å²) in [6.07, 6.45) is -4.05. The molecule has 110 valence electrons. The van der Waals surface area contributed by atoms with Gasteiger partial charge in [0.1, 0.15) is 6.04 Å². The highest BCUT2D eigenvalue weighted by Gasteiger charge is 2.45. The number of hydrazine groups is 1. The van der Waals surface area contributed by atoms with Crippen LogP contribution < -0.4 is 5.43 Å². The van der Waals surface area contributed by atoms with Gasteiger partial charge in [0.05, 0.1) is 0 Å². The molecular weight excluding hydrogens is 337 g/mol. The van der Waals surface area contributed by atoms with Crippen molar-refractivity contribution in [3.63, 3.8) is 0 Å². The van der Waals surface area contributed by atoms with E-state index in [9.17, 15) is 18.0 Å². The van der Waals surface area contributed by atoms with Crippen molar-refractivity contribution in [3.05, 3.63) is 34.3 Å². The number of rotatable bonds is 4. The van der Waals surface area contributed by atoms with E-state index in [-0.39, 0.29) is 31.7 Å². The molecule has 0 aliphatic carbocycles. The van der Waals surface area contributed by atoms with E-state index in [1.54, 1.807) is 18.2 Å². The Morgan fingerprint density at radius 2 is 2.05 bits per heavy atom. The SMILES string of the molecule is O=C1CCN([C@@H](CCc2ccccc2Br)C(F)(F)F)N1. The van der Waals surface area contributed by atoms with E-state index in [1.807, 2.05) is 6.07 Å². The lowest BCUT2D eigenvalue weighted by atomic mass is 10.0. The monoisotopic (exact) mass is 350 g/mol. The van der Waals surface area contributed by atoms with Crippen LogP contribution >= 0.6 is 15.9 Å². The molecule has 20 heavy (non-hydrogen) atoms. The Kier molecular flexibility index (Phi) is 4.70. The molecule has 0 bridgehead atoms. The molecule has 1 atom stereocenters. The van der Waals surface area contributed by atoms with Crippen molar-refractivity contribution < 1.29 is 18.0 Å². The molecule has 1 aromatic rings. The molecule has 0 radical (unpaired) electrons. The van der Waals surface area contributed by atoms with Gasteiger partial charge in [0, 0.05) is 17.4 Å². The van der Waals surface area contributed by atoms with Crippen LogP contribution in [0.5, 0.6) is 0 Å². The third-order valence-electron chi connectivity index (χ3n) is 3.25. The molecule has 1 aliphatic heterocycles. The maximum Gasteiger partial charge on any atom is 0.405 e. The Hall–Kier alpha value is -1.08. The molecule has 0 saturated carbocycles. The Morgan fingerprint density at radius 1 is 1.35 bits per heavy atom. The number of halogens is 4. The molecule has 7 heteroatoms. The van der Waals surface area contributed by atoms with E-state index >= 15 is 0 Å². The van der Waals surface area contributed by atoms with Crippen LogP contribution in [0.15, 0.2) is 28.7 Å². The predicted octanol–water partition coefficient (Wildman–Crippen LogP) is 3.05. The van der Waals surface area contributed by atoms with Gasteiger partial charge in [-0.3, -0.25) is 10.2 Å². The van der Waals surface area contributed by atoms with E-state index in [1.165, 1.54) is 0 Å². The molecule has 0 spiro atoms. The quantitative estimate of drug-likeness (QED) is 0.905. The third-order valence-corrected chi connectivity index (χ3v) is 4.02. The van der Waals surface area contributed by atoms with Crippen LogP contribution in [0.25, 0.3) is 0 Å². The zero-order chi connectivity index (χ0) is 14.8. The fourth-order valence-electron chi connectivity index (χ4n) is 2.22. The minimum atomic E-state index is -4.36. The average molecular weight is 351 g/mol. The number of carbonyl (C=O) groups is 1. The van der Waals surface area contributed by atoms with Crippen LogP contribution in [0.4, 0.5) is 13.2 Å². The summed E-state index contributed by atoms with van der Waals surface area (Å²) in [6.45, 7) is 0.0962. The second-order valence-electron chi connectivity index (χ2n) is 4.67. The Morgan fingerprint density at radius 3 is 2.60 bits per heavy atom.